The lowest BCUT2D eigenvalue weighted by atomic mass is 9.48. The first-order valence-electron chi connectivity index (χ1n) is 8.50. The molecule has 0 unspecified atom stereocenters. The molecule has 1 aliphatic heterocycles. The maximum atomic E-state index is 14.2. The van der Waals surface area contributed by atoms with Crippen molar-refractivity contribution >= 4 is 5.91 Å². The molecule has 1 N–H and O–H groups in total. The number of fused-ring (bicyclic) bond motifs is 1. The van der Waals surface area contributed by atoms with Crippen LogP contribution in [-0.4, -0.2) is 35.6 Å². The zero-order valence-corrected chi connectivity index (χ0v) is 13.8. The molecule has 3 fully saturated rings. The summed E-state index contributed by atoms with van der Waals surface area (Å²) in [6.07, 6.45) is 2.41. The molecule has 1 amide bonds. The van der Waals surface area contributed by atoms with Gasteiger partial charge in [-0.1, -0.05) is 32.0 Å². The first-order chi connectivity index (χ1) is 10.8. The van der Waals surface area contributed by atoms with Crippen molar-refractivity contribution in [2.75, 3.05) is 19.7 Å². The second-order valence-electron chi connectivity index (χ2n) is 8.49. The molecule has 1 aromatic rings. The Labute approximate surface area is 136 Å². The standard InChI is InChI=1S/C19H24FNO2/c1-17(2)10-18(12-22)11-21(9-15(17)18)16(23)19(7-8-19)13-5-3-4-6-14(13)20/h3-6,15,22H,7-12H2,1-2H3/t15-,18-/m1/s1. The molecule has 2 saturated carbocycles. The molecule has 1 saturated heterocycles. The van der Waals surface area contributed by atoms with E-state index >= 15 is 0 Å². The van der Waals surface area contributed by atoms with Crippen LogP contribution >= 0.6 is 0 Å². The van der Waals surface area contributed by atoms with E-state index < -0.39 is 5.41 Å². The molecule has 4 rings (SSSR count). The Morgan fingerprint density at radius 1 is 1.35 bits per heavy atom. The zero-order valence-electron chi connectivity index (χ0n) is 13.8. The second-order valence-corrected chi connectivity index (χ2v) is 8.49. The Bertz CT molecular complexity index is 667. The molecule has 0 spiro atoms. The summed E-state index contributed by atoms with van der Waals surface area (Å²) in [4.78, 5) is 15.0. The van der Waals surface area contributed by atoms with Gasteiger partial charge in [-0.15, -0.1) is 0 Å². The van der Waals surface area contributed by atoms with Crippen LogP contribution in [0.2, 0.25) is 0 Å². The average Bonchev–Trinajstić information content (AvgIpc) is 3.24. The average molecular weight is 317 g/mol. The number of hydrogen-bond acceptors (Lipinski definition) is 2. The topological polar surface area (TPSA) is 40.5 Å². The van der Waals surface area contributed by atoms with Gasteiger partial charge in [-0.05, 0) is 36.7 Å². The number of carbonyl (C=O) groups is 1. The molecule has 0 bridgehead atoms. The van der Waals surface area contributed by atoms with Crippen molar-refractivity contribution in [3.8, 4) is 0 Å². The smallest absolute Gasteiger partial charge is 0.233 e. The van der Waals surface area contributed by atoms with Gasteiger partial charge in [0.15, 0.2) is 0 Å². The molecular weight excluding hydrogens is 293 g/mol. The van der Waals surface area contributed by atoms with Crippen LogP contribution in [0.4, 0.5) is 4.39 Å². The van der Waals surface area contributed by atoms with E-state index in [9.17, 15) is 14.3 Å². The third-order valence-corrected chi connectivity index (χ3v) is 6.55. The predicted octanol–water partition coefficient (Wildman–Crippen LogP) is 2.72. The Morgan fingerprint density at radius 3 is 2.57 bits per heavy atom. The summed E-state index contributed by atoms with van der Waals surface area (Å²) in [6, 6.07) is 6.65. The molecule has 3 nitrogen and oxygen atoms in total. The van der Waals surface area contributed by atoms with Gasteiger partial charge < -0.3 is 10.0 Å². The fourth-order valence-corrected chi connectivity index (χ4v) is 5.37. The second kappa shape index (κ2) is 4.56. The third-order valence-electron chi connectivity index (χ3n) is 6.55. The Kier molecular flexibility index (Phi) is 3.00. The van der Waals surface area contributed by atoms with E-state index in [0.29, 0.717) is 24.6 Å². The lowest BCUT2D eigenvalue weighted by molar-refractivity contribution is -0.133. The quantitative estimate of drug-likeness (QED) is 0.931. The first kappa shape index (κ1) is 15.1. The highest BCUT2D eigenvalue weighted by Crippen LogP contribution is 2.63. The van der Waals surface area contributed by atoms with Crippen LogP contribution < -0.4 is 0 Å². The molecule has 1 aromatic carbocycles. The lowest BCUT2D eigenvalue weighted by Gasteiger charge is -2.55. The van der Waals surface area contributed by atoms with Crippen molar-refractivity contribution in [1.82, 2.24) is 4.90 Å². The summed E-state index contributed by atoms with van der Waals surface area (Å²) >= 11 is 0. The summed E-state index contributed by atoms with van der Waals surface area (Å²) in [5.41, 5.74) is -0.0751. The van der Waals surface area contributed by atoms with Crippen LogP contribution in [0.15, 0.2) is 24.3 Å². The van der Waals surface area contributed by atoms with E-state index in [0.717, 1.165) is 19.3 Å². The van der Waals surface area contributed by atoms with Crippen molar-refractivity contribution in [3.05, 3.63) is 35.6 Å². The van der Waals surface area contributed by atoms with Gasteiger partial charge in [0.25, 0.3) is 0 Å². The van der Waals surface area contributed by atoms with E-state index in [1.165, 1.54) is 6.07 Å². The molecular formula is C19H24FNO2. The van der Waals surface area contributed by atoms with Crippen LogP contribution in [0.25, 0.3) is 0 Å². The van der Waals surface area contributed by atoms with Crippen LogP contribution in [0.5, 0.6) is 0 Å². The molecule has 23 heavy (non-hydrogen) atoms. The van der Waals surface area contributed by atoms with E-state index in [-0.39, 0.29) is 29.2 Å². The minimum Gasteiger partial charge on any atom is -0.396 e. The SMILES string of the molecule is CC1(C)C[C@]2(CO)CN(C(=O)C3(c4ccccc4F)CC3)C[C@H]12. The highest BCUT2D eigenvalue weighted by molar-refractivity contribution is 5.91. The number of halogens is 1. The van der Waals surface area contributed by atoms with Crippen molar-refractivity contribution in [3.63, 3.8) is 0 Å². The Hall–Kier alpha value is -1.42. The molecule has 3 aliphatic rings. The predicted molar refractivity (Wildman–Crippen MR) is 85.3 cm³/mol. The van der Waals surface area contributed by atoms with Crippen LogP contribution in [0, 0.1) is 22.6 Å². The van der Waals surface area contributed by atoms with Gasteiger partial charge in [0.1, 0.15) is 5.82 Å². The van der Waals surface area contributed by atoms with E-state index in [1.807, 2.05) is 4.90 Å². The minimum atomic E-state index is -0.657. The van der Waals surface area contributed by atoms with Crippen LogP contribution in [0.3, 0.4) is 0 Å². The highest BCUT2D eigenvalue weighted by atomic mass is 19.1. The summed E-state index contributed by atoms with van der Waals surface area (Å²) in [6.45, 7) is 5.87. The largest absolute Gasteiger partial charge is 0.396 e. The molecule has 2 atom stereocenters. The van der Waals surface area contributed by atoms with Crippen molar-refractivity contribution in [2.45, 2.75) is 38.5 Å². The maximum Gasteiger partial charge on any atom is 0.233 e. The summed E-state index contributed by atoms with van der Waals surface area (Å²) in [5, 5.41) is 9.86. The zero-order chi connectivity index (χ0) is 16.5. The number of nitrogens with zero attached hydrogens (tertiary/aromatic N) is 1. The van der Waals surface area contributed by atoms with Gasteiger partial charge in [0, 0.05) is 24.1 Å². The summed E-state index contributed by atoms with van der Waals surface area (Å²) < 4.78 is 14.2. The van der Waals surface area contributed by atoms with Crippen molar-refractivity contribution < 1.29 is 14.3 Å². The van der Waals surface area contributed by atoms with Gasteiger partial charge in [-0.3, -0.25) is 4.79 Å². The Balaban J connectivity index is 1.61. The summed E-state index contributed by atoms with van der Waals surface area (Å²) in [5.74, 6) is 0.124. The Morgan fingerprint density at radius 2 is 2.04 bits per heavy atom. The van der Waals surface area contributed by atoms with Crippen molar-refractivity contribution in [1.29, 1.82) is 0 Å². The number of benzene rings is 1. The lowest BCUT2D eigenvalue weighted by Crippen LogP contribution is -2.54. The number of rotatable bonds is 3. The number of likely N-dealkylation sites (tertiary alicyclic amines) is 1. The van der Waals surface area contributed by atoms with Crippen LogP contribution in [0.1, 0.15) is 38.7 Å². The minimum absolute atomic E-state index is 0.0561. The van der Waals surface area contributed by atoms with Gasteiger partial charge in [0.2, 0.25) is 5.91 Å². The van der Waals surface area contributed by atoms with Gasteiger partial charge in [0.05, 0.1) is 12.0 Å². The molecule has 0 radical (unpaired) electrons. The fraction of sp³-hybridized carbons (Fsp3) is 0.632. The van der Waals surface area contributed by atoms with E-state index in [4.69, 9.17) is 0 Å². The molecule has 2 aliphatic carbocycles. The number of hydrogen-bond donors (Lipinski definition) is 1. The normalized spacial score (nSPS) is 33.0. The van der Waals surface area contributed by atoms with E-state index in [2.05, 4.69) is 13.8 Å². The number of carbonyl (C=O) groups excluding carboxylic acids is 1. The monoisotopic (exact) mass is 317 g/mol. The molecule has 1 heterocycles. The van der Waals surface area contributed by atoms with Crippen molar-refractivity contribution in [2.24, 2.45) is 16.7 Å². The van der Waals surface area contributed by atoms with Crippen LogP contribution in [-0.2, 0) is 10.2 Å². The first-order valence-corrected chi connectivity index (χ1v) is 8.50. The number of aliphatic hydroxyl groups excluding tert-OH is 1. The van der Waals surface area contributed by atoms with Gasteiger partial charge >= 0.3 is 0 Å². The number of amides is 1. The third kappa shape index (κ3) is 1.94. The fourth-order valence-electron chi connectivity index (χ4n) is 5.37. The number of aliphatic hydroxyl groups is 1. The highest BCUT2D eigenvalue weighted by Gasteiger charge is 2.65. The molecule has 124 valence electrons. The van der Waals surface area contributed by atoms with Gasteiger partial charge in [-0.2, -0.15) is 0 Å². The molecule has 0 aromatic heterocycles. The maximum absolute atomic E-state index is 14.2. The summed E-state index contributed by atoms with van der Waals surface area (Å²) in [7, 11) is 0. The van der Waals surface area contributed by atoms with Gasteiger partial charge in [-0.25, -0.2) is 4.39 Å². The van der Waals surface area contributed by atoms with E-state index in [1.54, 1.807) is 18.2 Å². The molecule has 4 heteroatoms.